The summed E-state index contributed by atoms with van der Waals surface area (Å²) in [6, 6.07) is 0. The molecule has 0 heterocycles. The molecule has 226 valence electrons. The SMILES string of the molecule is CCCCCCCCC(CCCN)C(C)(OC)OC.CCCCCCCCC(OC)C(OC)(OC)OC. The summed E-state index contributed by atoms with van der Waals surface area (Å²) >= 11 is 0. The second-order valence-corrected chi connectivity index (χ2v) is 10.1. The lowest BCUT2D eigenvalue weighted by Crippen LogP contribution is -2.48. The minimum atomic E-state index is -1.09. The number of rotatable bonds is 25. The summed E-state index contributed by atoms with van der Waals surface area (Å²) in [5, 5.41) is 0. The smallest absolute Gasteiger partial charge is 0.310 e. The Labute approximate surface area is 230 Å². The fourth-order valence-electron chi connectivity index (χ4n) is 4.81. The Morgan fingerprint density at radius 2 is 0.946 bits per heavy atom. The second kappa shape index (κ2) is 26.0. The molecule has 2 atom stereocenters. The minimum absolute atomic E-state index is 0.205. The summed E-state index contributed by atoms with van der Waals surface area (Å²) in [5.41, 5.74) is 5.63. The van der Waals surface area contributed by atoms with E-state index in [0.717, 1.165) is 32.2 Å². The van der Waals surface area contributed by atoms with Crippen molar-refractivity contribution >= 4 is 0 Å². The molecule has 0 rings (SSSR count). The molecule has 0 amide bonds. The molecular weight excluding hydrogens is 470 g/mol. The average molecular weight is 536 g/mol. The van der Waals surface area contributed by atoms with Crippen molar-refractivity contribution in [3.8, 4) is 0 Å². The topological polar surface area (TPSA) is 81.4 Å². The molecular formula is C30H65NO6. The Hall–Kier alpha value is -0.280. The number of methoxy groups -OCH3 is 6. The molecule has 0 bridgehead atoms. The van der Waals surface area contributed by atoms with Crippen LogP contribution in [-0.4, -0.2) is 67.1 Å². The van der Waals surface area contributed by atoms with Crippen LogP contribution in [0.5, 0.6) is 0 Å². The highest BCUT2D eigenvalue weighted by Gasteiger charge is 2.40. The Bertz CT molecular complexity index is 449. The lowest BCUT2D eigenvalue weighted by Gasteiger charge is -2.35. The van der Waals surface area contributed by atoms with Crippen LogP contribution in [0.1, 0.15) is 124 Å². The zero-order chi connectivity index (χ0) is 28.4. The zero-order valence-electron chi connectivity index (χ0n) is 26.2. The predicted molar refractivity (Wildman–Crippen MR) is 155 cm³/mol. The molecule has 2 unspecified atom stereocenters. The third-order valence-corrected chi connectivity index (χ3v) is 7.57. The van der Waals surface area contributed by atoms with Crippen LogP contribution in [0, 0.1) is 5.92 Å². The summed E-state index contributed by atoms with van der Waals surface area (Å²) in [6.07, 6.45) is 19.5. The number of unbranched alkanes of at least 4 members (excludes halogenated alkanes) is 10. The summed E-state index contributed by atoms with van der Waals surface area (Å²) < 4.78 is 32.5. The molecule has 0 aromatic carbocycles. The lowest BCUT2D eigenvalue weighted by molar-refractivity contribution is -0.391. The van der Waals surface area contributed by atoms with Crippen molar-refractivity contribution in [2.45, 2.75) is 141 Å². The molecule has 0 saturated carbocycles. The second-order valence-electron chi connectivity index (χ2n) is 10.1. The molecule has 7 nitrogen and oxygen atoms in total. The monoisotopic (exact) mass is 535 g/mol. The van der Waals surface area contributed by atoms with Gasteiger partial charge in [-0.05, 0) is 39.2 Å². The van der Waals surface area contributed by atoms with Crippen molar-refractivity contribution in [2.24, 2.45) is 11.7 Å². The minimum Gasteiger partial charge on any atom is -0.373 e. The summed E-state index contributed by atoms with van der Waals surface area (Å²) in [6.45, 7) is 7.28. The molecule has 0 aliphatic rings. The first-order chi connectivity index (χ1) is 17.8. The first-order valence-corrected chi connectivity index (χ1v) is 14.8. The predicted octanol–water partition coefficient (Wildman–Crippen LogP) is 7.45. The Balaban J connectivity index is 0. The third-order valence-electron chi connectivity index (χ3n) is 7.57. The fraction of sp³-hybridized carbons (Fsp3) is 1.00. The summed E-state index contributed by atoms with van der Waals surface area (Å²) in [4.78, 5) is 0. The van der Waals surface area contributed by atoms with Gasteiger partial charge in [-0.2, -0.15) is 0 Å². The van der Waals surface area contributed by atoms with Crippen LogP contribution in [0.3, 0.4) is 0 Å². The van der Waals surface area contributed by atoms with Gasteiger partial charge in [-0.1, -0.05) is 90.9 Å². The maximum absolute atomic E-state index is 5.63. The van der Waals surface area contributed by atoms with Crippen LogP contribution in [0.4, 0.5) is 0 Å². The molecule has 0 aromatic rings. The van der Waals surface area contributed by atoms with E-state index in [1.54, 1.807) is 42.7 Å². The molecule has 0 saturated heterocycles. The Morgan fingerprint density at radius 1 is 0.541 bits per heavy atom. The summed E-state index contributed by atoms with van der Waals surface area (Å²) in [7, 11) is 9.84. The molecule has 0 aromatic heterocycles. The van der Waals surface area contributed by atoms with E-state index in [1.165, 1.54) is 77.0 Å². The van der Waals surface area contributed by atoms with Gasteiger partial charge in [-0.15, -0.1) is 0 Å². The molecule has 0 spiro atoms. The standard InChI is InChI=1S/C16H35NO2.C14H30O4/c1-5-6-7-8-9-10-12-15(13-11-14-17)16(2,18-3)19-4;1-6-7-8-9-10-11-12-13(15-2)14(16-3,17-4)18-5/h15H,5-14,17H2,1-4H3;13H,6-12H2,1-5H3. The van der Waals surface area contributed by atoms with E-state index >= 15 is 0 Å². The van der Waals surface area contributed by atoms with Gasteiger partial charge in [0.2, 0.25) is 0 Å². The van der Waals surface area contributed by atoms with Gasteiger partial charge in [0, 0.05) is 48.6 Å². The number of hydrogen-bond donors (Lipinski definition) is 1. The molecule has 0 aliphatic heterocycles. The fourth-order valence-corrected chi connectivity index (χ4v) is 4.81. The Kier molecular flexibility index (Phi) is 27.3. The summed E-state index contributed by atoms with van der Waals surface area (Å²) in [5.74, 6) is -1.10. The molecule has 0 fully saturated rings. The van der Waals surface area contributed by atoms with Crippen molar-refractivity contribution in [3.63, 3.8) is 0 Å². The first-order valence-electron chi connectivity index (χ1n) is 14.8. The van der Waals surface area contributed by atoms with Crippen molar-refractivity contribution in [1.29, 1.82) is 0 Å². The van der Waals surface area contributed by atoms with Crippen LogP contribution in [-0.2, 0) is 28.4 Å². The lowest BCUT2D eigenvalue weighted by atomic mass is 9.88. The van der Waals surface area contributed by atoms with E-state index < -0.39 is 11.8 Å². The van der Waals surface area contributed by atoms with Crippen molar-refractivity contribution in [1.82, 2.24) is 0 Å². The maximum Gasteiger partial charge on any atom is 0.310 e. The molecule has 37 heavy (non-hydrogen) atoms. The van der Waals surface area contributed by atoms with Crippen LogP contribution in [0.15, 0.2) is 0 Å². The highest BCUT2D eigenvalue weighted by Crippen LogP contribution is 2.31. The number of nitrogens with two attached hydrogens (primary N) is 1. The van der Waals surface area contributed by atoms with Crippen molar-refractivity contribution < 1.29 is 28.4 Å². The molecule has 0 aliphatic carbocycles. The van der Waals surface area contributed by atoms with Gasteiger partial charge >= 0.3 is 5.97 Å². The van der Waals surface area contributed by atoms with Crippen LogP contribution < -0.4 is 5.73 Å². The molecule has 0 radical (unpaired) electrons. The molecule has 2 N–H and O–H groups in total. The van der Waals surface area contributed by atoms with Crippen LogP contribution in [0.25, 0.3) is 0 Å². The van der Waals surface area contributed by atoms with Gasteiger partial charge < -0.3 is 34.2 Å². The van der Waals surface area contributed by atoms with E-state index in [4.69, 9.17) is 34.2 Å². The van der Waals surface area contributed by atoms with Crippen molar-refractivity contribution in [3.05, 3.63) is 0 Å². The van der Waals surface area contributed by atoms with E-state index in [2.05, 4.69) is 13.8 Å². The quantitative estimate of drug-likeness (QED) is 0.0960. The van der Waals surface area contributed by atoms with E-state index in [-0.39, 0.29) is 6.10 Å². The zero-order valence-corrected chi connectivity index (χ0v) is 26.2. The van der Waals surface area contributed by atoms with Gasteiger partial charge in [0.05, 0.1) is 0 Å². The van der Waals surface area contributed by atoms with Gasteiger partial charge in [0.25, 0.3) is 0 Å². The number of ether oxygens (including phenoxy) is 6. The van der Waals surface area contributed by atoms with E-state index in [9.17, 15) is 0 Å². The third kappa shape index (κ3) is 17.1. The molecule has 7 heteroatoms. The van der Waals surface area contributed by atoms with Crippen molar-refractivity contribution in [2.75, 3.05) is 49.2 Å². The van der Waals surface area contributed by atoms with E-state index in [0.29, 0.717) is 5.92 Å². The van der Waals surface area contributed by atoms with Crippen LogP contribution in [0.2, 0.25) is 0 Å². The van der Waals surface area contributed by atoms with Gasteiger partial charge in [-0.3, -0.25) is 0 Å². The van der Waals surface area contributed by atoms with Gasteiger partial charge in [0.15, 0.2) is 5.79 Å². The number of hydrogen-bond acceptors (Lipinski definition) is 7. The van der Waals surface area contributed by atoms with Gasteiger partial charge in [-0.25, -0.2) is 0 Å². The normalized spacial score (nSPS) is 13.8. The highest BCUT2D eigenvalue weighted by molar-refractivity contribution is 4.75. The Morgan fingerprint density at radius 3 is 1.32 bits per heavy atom. The highest BCUT2D eigenvalue weighted by atomic mass is 16.9. The van der Waals surface area contributed by atoms with E-state index in [1.807, 2.05) is 6.92 Å². The first kappa shape index (κ1) is 38.9. The maximum atomic E-state index is 5.63. The van der Waals surface area contributed by atoms with Gasteiger partial charge in [0.1, 0.15) is 6.10 Å². The average Bonchev–Trinajstić information content (AvgIpc) is 2.93. The van der Waals surface area contributed by atoms with Crippen LogP contribution >= 0.6 is 0 Å². The largest absolute Gasteiger partial charge is 0.373 e.